The lowest BCUT2D eigenvalue weighted by Gasteiger charge is -2.27. The highest BCUT2D eigenvalue weighted by molar-refractivity contribution is 7.17. The summed E-state index contributed by atoms with van der Waals surface area (Å²) in [6.07, 6.45) is 4.37. The number of para-hydroxylation sites is 1. The van der Waals surface area contributed by atoms with Crippen LogP contribution in [0.25, 0.3) is 10.9 Å². The van der Waals surface area contributed by atoms with Crippen LogP contribution < -0.4 is 21.7 Å². The zero-order valence-electron chi connectivity index (χ0n) is 22.4. The maximum atomic E-state index is 12.6. The molecular weight excluding hydrogens is 560 g/mol. The lowest BCUT2D eigenvalue weighted by Crippen LogP contribution is -2.34. The van der Waals surface area contributed by atoms with E-state index < -0.39 is 11.9 Å². The van der Waals surface area contributed by atoms with Gasteiger partial charge >= 0.3 is 6.03 Å². The van der Waals surface area contributed by atoms with Crippen LogP contribution in [0.2, 0.25) is 5.02 Å². The highest BCUT2D eigenvalue weighted by Crippen LogP contribution is 2.37. The number of pyridine rings is 1. The fourth-order valence-electron chi connectivity index (χ4n) is 4.92. The van der Waals surface area contributed by atoms with Crippen molar-refractivity contribution in [1.29, 1.82) is 0 Å². The Morgan fingerprint density at radius 3 is 2.68 bits per heavy atom. The number of aryl methyl sites for hydroxylation is 1. The van der Waals surface area contributed by atoms with Gasteiger partial charge in [-0.2, -0.15) is 0 Å². The lowest BCUT2D eigenvalue weighted by molar-refractivity contribution is -0.121. The van der Waals surface area contributed by atoms with Crippen molar-refractivity contribution in [2.24, 2.45) is 5.73 Å². The van der Waals surface area contributed by atoms with Crippen LogP contribution >= 0.6 is 22.9 Å². The highest BCUT2D eigenvalue weighted by Gasteiger charge is 2.27. The van der Waals surface area contributed by atoms with Gasteiger partial charge < -0.3 is 16.4 Å². The number of benzene rings is 2. The number of hydrogen-bond acceptors (Lipinski definition) is 6. The number of aromatic nitrogens is 1. The molecule has 3 heterocycles. The quantitative estimate of drug-likeness (QED) is 0.189. The zero-order chi connectivity index (χ0) is 28.8. The number of halogens is 1. The van der Waals surface area contributed by atoms with Crippen LogP contribution in [-0.2, 0) is 24.2 Å². The van der Waals surface area contributed by atoms with E-state index in [0.717, 1.165) is 46.4 Å². The normalized spacial score (nSPS) is 13.0. The zero-order valence-corrected chi connectivity index (χ0v) is 24.0. The number of anilines is 2. The molecule has 4 aromatic rings. The smallest absolute Gasteiger partial charge is 0.324 e. The summed E-state index contributed by atoms with van der Waals surface area (Å²) in [4.78, 5) is 45.0. The molecule has 4 amide bonds. The molecule has 1 aliphatic heterocycles. The average Bonchev–Trinajstić information content (AvgIpc) is 3.32. The molecular formula is C30H31ClN6O3S. The molecule has 0 spiro atoms. The molecule has 0 radical (unpaired) electrons. The topological polar surface area (TPSA) is 129 Å². The molecule has 41 heavy (non-hydrogen) atoms. The van der Waals surface area contributed by atoms with E-state index in [9.17, 15) is 14.4 Å². The molecule has 0 fully saturated rings. The van der Waals surface area contributed by atoms with Crippen LogP contribution in [0.1, 0.15) is 39.2 Å². The summed E-state index contributed by atoms with van der Waals surface area (Å²) in [5.41, 5.74) is 9.56. The van der Waals surface area contributed by atoms with Crippen LogP contribution in [0, 0.1) is 0 Å². The SMILES string of the molecule is NC(=O)c1c(NC(=O)Nc2ccc(Cl)cc2)sc2c1CCN(CCCNC(=O)CCc1cnc3ccccc3c1)C2. The Bertz CT molecular complexity index is 1570. The van der Waals surface area contributed by atoms with Crippen molar-refractivity contribution in [3.63, 3.8) is 0 Å². The second kappa shape index (κ2) is 13.1. The molecule has 11 heteroatoms. The first kappa shape index (κ1) is 28.5. The molecule has 0 atom stereocenters. The van der Waals surface area contributed by atoms with Crippen LogP contribution in [0.15, 0.2) is 60.8 Å². The van der Waals surface area contributed by atoms with E-state index in [1.54, 1.807) is 24.3 Å². The first-order valence-corrected chi connectivity index (χ1v) is 14.7. The van der Waals surface area contributed by atoms with Gasteiger partial charge in [-0.25, -0.2) is 4.79 Å². The summed E-state index contributed by atoms with van der Waals surface area (Å²) < 4.78 is 0. The minimum absolute atomic E-state index is 0.0241. The first-order chi connectivity index (χ1) is 19.9. The molecule has 2 aromatic carbocycles. The van der Waals surface area contributed by atoms with Crippen molar-refractivity contribution in [3.8, 4) is 0 Å². The van der Waals surface area contributed by atoms with Gasteiger partial charge in [0.1, 0.15) is 5.00 Å². The number of fused-ring (bicyclic) bond motifs is 2. The van der Waals surface area contributed by atoms with Crippen molar-refractivity contribution in [3.05, 3.63) is 87.4 Å². The van der Waals surface area contributed by atoms with Gasteiger partial charge in [0, 0.05) is 59.8 Å². The fourth-order valence-corrected chi connectivity index (χ4v) is 6.34. The Balaban J connectivity index is 1.08. The molecule has 5 N–H and O–H groups in total. The number of nitrogens with two attached hydrogens (primary N) is 1. The number of primary amides is 1. The fraction of sp³-hybridized carbons (Fsp3) is 0.267. The lowest BCUT2D eigenvalue weighted by atomic mass is 10.0. The van der Waals surface area contributed by atoms with Gasteiger partial charge in [0.25, 0.3) is 5.91 Å². The summed E-state index contributed by atoms with van der Waals surface area (Å²) in [5.74, 6) is -0.532. The van der Waals surface area contributed by atoms with E-state index in [1.165, 1.54) is 11.3 Å². The predicted octanol–water partition coefficient (Wildman–Crippen LogP) is 5.19. The van der Waals surface area contributed by atoms with Gasteiger partial charge in [-0.15, -0.1) is 11.3 Å². The van der Waals surface area contributed by atoms with E-state index >= 15 is 0 Å². The molecule has 212 valence electrons. The van der Waals surface area contributed by atoms with Crippen molar-refractivity contribution in [1.82, 2.24) is 15.2 Å². The molecule has 9 nitrogen and oxygen atoms in total. The van der Waals surface area contributed by atoms with E-state index in [-0.39, 0.29) is 5.91 Å². The third-order valence-electron chi connectivity index (χ3n) is 6.97. The van der Waals surface area contributed by atoms with Crippen molar-refractivity contribution in [2.45, 2.75) is 32.2 Å². The Kier molecular flexibility index (Phi) is 9.13. The molecule has 0 saturated heterocycles. The van der Waals surface area contributed by atoms with E-state index in [2.05, 4.69) is 31.9 Å². The maximum Gasteiger partial charge on any atom is 0.324 e. The third-order valence-corrected chi connectivity index (χ3v) is 8.36. The minimum atomic E-state index is -0.556. The summed E-state index contributed by atoms with van der Waals surface area (Å²) in [6.45, 7) is 2.82. The van der Waals surface area contributed by atoms with E-state index in [4.69, 9.17) is 17.3 Å². The van der Waals surface area contributed by atoms with Crippen LogP contribution in [0.3, 0.4) is 0 Å². The monoisotopic (exact) mass is 590 g/mol. The Hall–Kier alpha value is -3.99. The third kappa shape index (κ3) is 7.40. The Morgan fingerprint density at radius 2 is 1.88 bits per heavy atom. The first-order valence-electron chi connectivity index (χ1n) is 13.5. The van der Waals surface area contributed by atoms with Gasteiger partial charge in [-0.1, -0.05) is 29.8 Å². The average molecular weight is 591 g/mol. The number of urea groups is 1. The highest BCUT2D eigenvalue weighted by atomic mass is 35.5. The Labute approximate surface area is 247 Å². The van der Waals surface area contributed by atoms with Crippen LogP contribution in [0.4, 0.5) is 15.5 Å². The minimum Gasteiger partial charge on any atom is -0.365 e. The second-order valence-corrected chi connectivity index (χ2v) is 11.5. The predicted molar refractivity (Wildman–Crippen MR) is 164 cm³/mol. The van der Waals surface area contributed by atoms with Crippen molar-refractivity contribution in [2.75, 3.05) is 30.3 Å². The van der Waals surface area contributed by atoms with Gasteiger partial charge in [0.2, 0.25) is 5.91 Å². The molecule has 5 rings (SSSR count). The number of rotatable bonds is 10. The van der Waals surface area contributed by atoms with E-state index in [1.807, 2.05) is 30.5 Å². The molecule has 0 bridgehead atoms. The Morgan fingerprint density at radius 1 is 1.07 bits per heavy atom. The largest absolute Gasteiger partial charge is 0.365 e. The molecule has 2 aromatic heterocycles. The number of carbonyl (C=O) groups is 3. The summed E-state index contributed by atoms with van der Waals surface area (Å²) >= 11 is 7.28. The number of thiophene rings is 1. The molecule has 0 saturated carbocycles. The van der Waals surface area contributed by atoms with E-state index in [0.29, 0.717) is 53.6 Å². The van der Waals surface area contributed by atoms with Crippen LogP contribution in [0.5, 0.6) is 0 Å². The number of amides is 4. The summed E-state index contributed by atoms with van der Waals surface area (Å²) in [5, 5.41) is 10.6. The molecule has 0 unspecified atom stereocenters. The standard InChI is InChI=1S/C30H31ClN6O3S/c31-21-7-9-22(10-8-21)35-30(40)36-29-27(28(32)39)23-12-15-37(18-25(23)41-29)14-3-13-33-26(38)11-6-19-16-20-4-1-2-5-24(20)34-17-19/h1-2,4-5,7-10,16-17H,3,6,11-15,18H2,(H2,32,39)(H,33,38)(H2,35,36,40). The number of nitrogens with zero attached hydrogens (tertiary/aromatic N) is 2. The van der Waals surface area contributed by atoms with Gasteiger partial charge in [0.05, 0.1) is 11.1 Å². The van der Waals surface area contributed by atoms with Gasteiger partial charge in [-0.3, -0.25) is 24.8 Å². The summed E-state index contributed by atoms with van der Waals surface area (Å²) in [7, 11) is 0. The van der Waals surface area contributed by atoms with Gasteiger partial charge in [0.15, 0.2) is 0 Å². The van der Waals surface area contributed by atoms with Crippen molar-refractivity contribution >= 4 is 62.4 Å². The molecule has 0 aliphatic carbocycles. The van der Waals surface area contributed by atoms with Crippen molar-refractivity contribution < 1.29 is 14.4 Å². The number of nitrogens with one attached hydrogen (secondary N) is 3. The second-order valence-electron chi connectivity index (χ2n) is 9.92. The van der Waals surface area contributed by atoms with Gasteiger partial charge in [-0.05, 0) is 66.8 Å². The number of carbonyl (C=O) groups excluding carboxylic acids is 3. The summed E-state index contributed by atoms with van der Waals surface area (Å²) in [6, 6.07) is 16.3. The van der Waals surface area contributed by atoms with Crippen LogP contribution in [-0.4, -0.2) is 47.4 Å². The molecule has 1 aliphatic rings. The number of hydrogen-bond donors (Lipinski definition) is 4. The maximum absolute atomic E-state index is 12.6.